The minimum Gasteiger partial charge on any atom is -0.464 e. The number of hydrogen-bond donors (Lipinski definition) is 1. The molecular formula is C16H19N3O. The van der Waals surface area contributed by atoms with E-state index in [9.17, 15) is 0 Å². The fourth-order valence-corrected chi connectivity index (χ4v) is 2.56. The Bertz CT molecular complexity index is 711. The lowest BCUT2D eigenvalue weighted by atomic mass is 10.3. The van der Waals surface area contributed by atoms with E-state index in [0.29, 0.717) is 0 Å². The van der Waals surface area contributed by atoms with Crippen molar-refractivity contribution in [2.45, 2.75) is 26.4 Å². The maximum Gasteiger partial charge on any atom is 0.117 e. The van der Waals surface area contributed by atoms with Crippen LogP contribution in [-0.4, -0.2) is 16.6 Å². The van der Waals surface area contributed by atoms with Gasteiger partial charge in [0.05, 0.1) is 24.0 Å². The smallest absolute Gasteiger partial charge is 0.117 e. The Labute approximate surface area is 118 Å². The topological polar surface area (TPSA) is 43.0 Å². The number of aromatic nitrogens is 2. The minimum absolute atomic E-state index is 0.728. The Morgan fingerprint density at radius 1 is 1.15 bits per heavy atom. The molecule has 3 rings (SSSR count). The van der Waals surface area contributed by atoms with E-state index >= 15 is 0 Å². The van der Waals surface area contributed by atoms with Crippen LogP contribution in [0.4, 0.5) is 0 Å². The van der Waals surface area contributed by atoms with Crippen LogP contribution >= 0.6 is 0 Å². The highest BCUT2D eigenvalue weighted by Gasteiger charge is 2.11. The largest absolute Gasteiger partial charge is 0.464 e. The molecule has 4 nitrogen and oxygen atoms in total. The molecule has 0 atom stereocenters. The molecule has 20 heavy (non-hydrogen) atoms. The molecule has 1 N–H and O–H groups in total. The SMILES string of the molecule is CCn1c(Cc2ccc(CNC)o2)nc2ccccc21. The third kappa shape index (κ3) is 2.34. The average molecular weight is 269 g/mol. The van der Waals surface area contributed by atoms with Gasteiger partial charge in [0.2, 0.25) is 0 Å². The van der Waals surface area contributed by atoms with Crippen molar-refractivity contribution < 1.29 is 4.42 Å². The number of furan rings is 1. The van der Waals surface area contributed by atoms with Gasteiger partial charge in [-0.15, -0.1) is 0 Å². The molecule has 2 aromatic heterocycles. The lowest BCUT2D eigenvalue weighted by Crippen LogP contribution is -2.04. The normalized spacial score (nSPS) is 11.3. The van der Waals surface area contributed by atoms with Gasteiger partial charge in [-0.05, 0) is 38.2 Å². The van der Waals surface area contributed by atoms with Crippen molar-refractivity contribution in [1.82, 2.24) is 14.9 Å². The van der Waals surface area contributed by atoms with Crippen LogP contribution in [0.25, 0.3) is 11.0 Å². The number of benzene rings is 1. The molecule has 0 amide bonds. The molecule has 0 radical (unpaired) electrons. The summed E-state index contributed by atoms with van der Waals surface area (Å²) in [7, 11) is 1.92. The lowest BCUT2D eigenvalue weighted by molar-refractivity contribution is 0.458. The molecule has 0 saturated carbocycles. The molecule has 0 aliphatic carbocycles. The summed E-state index contributed by atoms with van der Waals surface area (Å²) in [5.41, 5.74) is 2.23. The fourth-order valence-electron chi connectivity index (χ4n) is 2.56. The van der Waals surface area contributed by atoms with Crippen molar-refractivity contribution in [3.8, 4) is 0 Å². The Hall–Kier alpha value is -2.07. The van der Waals surface area contributed by atoms with Crippen molar-refractivity contribution in [3.63, 3.8) is 0 Å². The zero-order chi connectivity index (χ0) is 13.9. The maximum absolute atomic E-state index is 5.81. The summed E-state index contributed by atoms with van der Waals surface area (Å²) in [5.74, 6) is 2.97. The van der Waals surface area contributed by atoms with Crippen LogP contribution in [0.15, 0.2) is 40.8 Å². The van der Waals surface area contributed by atoms with Crippen molar-refractivity contribution in [3.05, 3.63) is 53.7 Å². The maximum atomic E-state index is 5.81. The van der Waals surface area contributed by atoms with Crippen LogP contribution in [0.3, 0.4) is 0 Å². The van der Waals surface area contributed by atoms with Gasteiger partial charge in [-0.25, -0.2) is 4.98 Å². The van der Waals surface area contributed by atoms with E-state index in [1.54, 1.807) is 0 Å². The van der Waals surface area contributed by atoms with Gasteiger partial charge < -0.3 is 14.3 Å². The zero-order valence-corrected chi connectivity index (χ0v) is 11.9. The molecule has 1 aromatic carbocycles. The summed E-state index contributed by atoms with van der Waals surface area (Å²) in [6.07, 6.45) is 0.728. The number of aryl methyl sites for hydroxylation is 1. The first kappa shape index (κ1) is 12.9. The highest BCUT2D eigenvalue weighted by molar-refractivity contribution is 5.75. The Morgan fingerprint density at radius 2 is 1.95 bits per heavy atom. The summed E-state index contributed by atoms with van der Waals surface area (Å²) >= 11 is 0. The van der Waals surface area contributed by atoms with Crippen LogP contribution in [0, 0.1) is 0 Å². The number of nitrogens with one attached hydrogen (secondary N) is 1. The molecule has 0 fully saturated rings. The first-order chi connectivity index (χ1) is 9.81. The Balaban J connectivity index is 1.93. The fraction of sp³-hybridized carbons (Fsp3) is 0.312. The molecule has 0 aliphatic heterocycles. The second kappa shape index (κ2) is 5.51. The quantitative estimate of drug-likeness (QED) is 0.774. The first-order valence-corrected chi connectivity index (χ1v) is 6.98. The van der Waals surface area contributed by atoms with Crippen molar-refractivity contribution in [1.29, 1.82) is 0 Å². The summed E-state index contributed by atoms with van der Waals surface area (Å²) in [4.78, 5) is 4.72. The highest BCUT2D eigenvalue weighted by Crippen LogP contribution is 2.19. The predicted octanol–water partition coefficient (Wildman–Crippen LogP) is 2.96. The lowest BCUT2D eigenvalue weighted by Gasteiger charge is -2.04. The van der Waals surface area contributed by atoms with E-state index in [4.69, 9.17) is 9.40 Å². The second-order valence-corrected chi connectivity index (χ2v) is 4.84. The van der Waals surface area contributed by atoms with Gasteiger partial charge in [0.25, 0.3) is 0 Å². The van der Waals surface area contributed by atoms with E-state index in [-0.39, 0.29) is 0 Å². The summed E-state index contributed by atoms with van der Waals surface area (Å²) in [6, 6.07) is 12.3. The molecule has 0 aliphatic rings. The summed E-state index contributed by atoms with van der Waals surface area (Å²) in [5, 5.41) is 3.09. The first-order valence-electron chi connectivity index (χ1n) is 6.98. The van der Waals surface area contributed by atoms with E-state index < -0.39 is 0 Å². The average Bonchev–Trinajstić information content (AvgIpc) is 3.03. The number of hydrogen-bond acceptors (Lipinski definition) is 3. The van der Waals surface area contributed by atoms with Crippen molar-refractivity contribution in [2.75, 3.05) is 7.05 Å². The summed E-state index contributed by atoms with van der Waals surface area (Å²) < 4.78 is 8.05. The van der Waals surface area contributed by atoms with Gasteiger partial charge in [-0.1, -0.05) is 12.1 Å². The summed E-state index contributed by atoms with van der Waals surface area (Å²) in [6.45, 7) is 3.82. The number of rotatable bonds is 5. The molecule has 2 heterocycles. The van der Waals surface area contributed by atoms with E-state index in [0.717, 1.165) is 42.4 Å². The molecule has 3 aromatic rings. The minimum atomic E-state index is 0.728. The molecule has 0 spiro atoms. The molecule has 104 valence electrons. The molecule has 0 unspecified atom stereocenters. The predicted molar refractivity (Wildman–Crippen MR) is 79.7 cm³/mol. The molecule has 0 saturated heterocycles. The van der Waals surface area contributed by atoms with Crippen LogP contribution in [0.2, 0.25) is 0 Å². The number of fused-ring (bicyclic) bond motifs is 1. The third-order valence-corrected chi connectivity index (χ3v) is 3.45. The van der Waals surface area contributed by atoms with Crippen LogP contribution < -0.4 is 5.32 Å². The Kier molecular flexibility index (Phi) is 3.56. The second-order valence-electron chi connectivity index (χ2n) is 4.84. The molecule has 0 bridgehead atoms. The third-order valence-electron chi connectivity index (χ3n) is 3.45. The van der Waals surface area contributed by atoms with E-state index in [2.05, 4.69) is 35.0 Å². The van der Waals surface area contributed by atoms with Gasteiger partial charge in [-0.3, -0.25) is 0 Å². The zero-order valence-electron chi connectivity index (χ0n) is 11.9. The van der Waals surface area contributed by atoms with Gasteiger partial charge in [0.1, 0.15) is 17.3 Å². The van der Waals surface area contributed by atoms with Gasteiger partial charge in [0.15, 0.2) is 0 Å². The van der Waals surface area contributed by atoms with Gasteiger partial charge in [0, 0.05) is 6.54 Å². The highest BCUT2D eigenvalue weighted by atomic mass is 16.3. The van der Waals surface area contributed by atoms with Crippen LogP contribution in [0.5, 0.6) is 0 Å². The number of imidazole rings is 1. The van der Waals surface area contributed by atoms with Crippen LogP contribution in [-0.2, 0) is 19.5 Å². The standard InChI is InChI=1S/C16H19N3O/c1-3-19-15-7-5-4-6-14(15)18-16(19)10-12-8-9-13(20-12)11-17-2/h4-9,17H,3,10-11H2,1-2H3. The van der Waals surface area contributed by atoms with E-state index in [1.807, 2.05) is 25.2 Å². The Morgan fingerprint density at radius 3 is 2.75 bits per heavy atom. The van der Waals surface area contributed by atoms with Crippen molar-refractivity contribution >= 4 is 11.0 Å². The molecular weight excluding hydrogens is 250 g/mol. The number of para-hydroxylation sites is 2. The molecule has 4 heteroatoms. The van der Waals surface area contributed by atoms with Crippen LogP contribution in [0.1, 0.15) is 24.3 Å². The van der Waals surface area contributed by atoms with E-state index in [1.165, 1.54) is 5.52 Å². The monoisotopic (exact) mass is 269 g/mol. The van der Waals surface area contributed by atoms with Crippen molar-refractivity contribution in [2.24, 2.45) is 0 Å². The number of nitrogens with zero attached hydrogens (tertiary/aromatic N) is 2. The van der Waals surface area contributed by atoms with Gasteiger partial charge in [-0.2, -0.15) is 0 Å². The van der Waals surface area contributed by atoms with Gasteiger partial charge >= 0.3 is 0 Å².